The molecule has 0 amide bonds. The molecule has 0 aliphatic carbocycles. The summed E-state index contributed by atoms with van der Waals surface area (Å²) in [6, 6.07) is 0. The molecule has 3 heteroatoms. The van der Waals surface area contributed by atoms with Gasteiger partial charge in [-0.3, -0.25) is 0 Å². The van der Waals surface area contributed by atoms with Crippen molar-refractivity contribution in [2.45, 2.75) is 142 Å². The van der Waals surface area contributed by atoms with Crippen LogP contribution in [0.5, 0.6) is 0 Å². The van der Waals surface area contributed by atoms with Crippen molar-refractivity contribution in [1.29, 1.82) is 0 Å². The van der Waals surface area contributed by atoms with Crippen LogP contribution in [0.1, 0.15) is 136 Å². The second-order valence-electron chi connectivity index (χ2n) is 9.23. The Morgan fingerprint density at radius 1 is 0.519 bits per heavy atom. The Balaban J connectivity index is 3.01. The van der Waals surface area contributed by atoms with E-state index < -0.39 is 0 Å². The van der Waals surface area contributed by atoms with Gasteiger partial charge in [0.2, 0.25) is 0 Å². The van der Waals surface area contributed by atoms with Gasteiger partial charge >= 0.3 is 0 Å². The molecule has 0 fully saturated rings. The zero-order chi connectivity index (χ0) is 20.1. The van der Waals surface area contributed by atoms with Crippen LogP contribution in [-0.2, 0) is 4.74 Å². The molecule has 0 spiro atoms. The molecule has 0 aromatic rings. The number of unbranched alkanes of at least 4 members (excludes halogenated alkanes) is 17. The van der Waals surface area contributed by atoms with Crippen molar-refractivity contribution in [3.63, 3.8) is 0 Å². The van der Waals surface area contributed by atoms with Gasteiger partial charge in [0.1, 0.15) is 0 Å². The first-order valence-corrected chi connectivity index (χ1v) is 12.1. The average Bonchev–Trinajstić information content (AvgIpc) is 2.62. The third-order valence-electron chi connectivity index (χ3n) is 5.22. The zero-order valence-corrected chi connectivity index (χ0v) is 19.0. The van der Waals surface area contributed by atoms with Crippen molar-refractivity contribution >= 4 is 0 Å². The van der Waals surface area contributed by atoms with Crippen molar-refractivity contribution in [2.24, 2.45) is 0 Å². The van der Waals surface area contributed by atoms with E-state index in [0.29, 0.717) is 0 Å². The van der Waals surface area contributed by atoms with E-state index in [1.54, 1.807) is 0 Å². The molecule has 0 aromatic heterocycles. The molecule has 0 unspecified atom stereocenters. The minimum atomic E-state index is 0.0268. The molecule has 0 radical (unpaired) electrons. The van der Waals surface area contributed by atoms with Crippen LogP contribution in [0.15, 0.2) is 0 Å². The number of rotatable bonds is 21. The standard InChI is InChI=1S/C24H51NO2/c1-24(2,3)27-23-21-19-17-15-13-11-9-7-5-4-6-8-10-12-14-16-18-20-22-25-26/h25-26H,4-23H2,1-3H3. The van der Waals surface area contributed by atoms with Crippen molar-refractivity contribution in [3.05, 3.63) is 0 Å². The minimum Gasteiger partial charge on any atom is -0.376 e. The van der Waals surface area contributed by atoms with Gasteiger partial charge in [0, 0.05) is 13.2 Å². The van der Waals surface area contributed by atoms with E-state index in [9.17, 15) is 0 Å². The smallest absolute Gasteiger partial charge is 0.0598 e. The van der Waals surface area contributed by atoms with Crippen molar-refractivity contribution in [2.75, 3.05) is 13.2 Å². The summed E-state index contributed by atoms with van der Waals surface area (Å²) < 4.78 is 5.76. The first-order valence-electron chi connectivity index (χ1n) is 12.1. The van der Waals surface area contributed by atoms with E-state index in [4.69, 9.17) is 9.94 Å². The van der Waals surface area contributed by atoms with Crippen LogP contribution in [0.25, 0.3) is 0 Å². The van der Waals surface area contributed by atoms with Crippen LogP contribution in [-0.4, -0.2) is 24.0 Å². The topological polar surface area (TPSA) is 41.5 Å². The normalized spacial score (nSPS) is 12.0. The molecule has 2 N–H and O–H groups in total. The Labute approximate surface area is 171 Å². The van der Waals surface area contributed by atoms with Gasteiger partial charge in [-0.05, 0) is 33.6 Å². The Kier molecular flexibility index (Phi) is 20.5. The van der Waals surface area contributed by atoms with Crippen LogP contribution in [0, 0.1) is 0 Å². The molecule has 0 aliphatic heterocycles. The van der Waals surface area contributed by atoms with E-state index in [-0.39, 0.29) is 5.60 Å². The second kappa shape index (κ2) is 20.6. The van der Waals surface area contributed by atoms with Gasteiger partial charge in [0.25, 0.3) is 0 Å². The molecule has 0 aromatic carbocycles. The minimum absolute atomic E-state index is 0.0268. The van der Waals surface area contributed by atoms with E-state index in [2.05, 4.69) is 26.3 Å². The van der Waals surface area contributed by atoms with Crippen molar-refractivity contribution in [1.82, 2.24) is 5.48 Å². The Bertz CT molecular complexity index is 276. The maximum atomic E-state index is 8.48. The Morgan fingerprint density at radius 2 is 0.815 bits per heavy atom. The molecule has 164 valence electrons. The fraction of sp³-hybridized carbons (Fsp3) is 1.00. The molecule has 0 atom stereocenters. The van der Waals surface area contributed by atoms with Crippen molar-refractivity contribution < 1.29 is 9.94 Å². The molecule has 0 rings (SSSR count). The van der Waals surface area contributed by atoms with E-state index in [1.807, 2.05) is 0 Å². The molecule has 27 heavy (non-hydrogen) atoms. The summed E-state index contributed by atoms with van der Waals surface area (Å²) in [7, 11) is 0. The third-order valence-corrected chi connectivity index (χ3v) is 5.22. The lowest BCUT2D eigenvalue weighted by molar-refractivity contribution is -0.00475. The summed E-state index contributed by atoms with van der Waals surface area (Å²) in [6.45, 7) is 8.07. The zero-order valence-electron chi connectivity index (χ0n) is 19.0. The van der Waals surface area contributed by atoms with E-state index in [0.717, 1.165) is 19.6 Å². The molecule has 3 nitrogen and oxygen atoms in total. The highest BCUT2D eigenvalue weighted by Gasteiger charge is 2.08. The number of hydrogen-bond donors (Lipinski definition) is 2. The average molecular weight is 386 g/mol. The summed E-state index contributed by atoms with van der Waals surface area (Å²) in [4.78, 5) is 0. The van der Waals surface area contributed by atoms with Crippen LogP contribution in [0.3, 0.4) is 0 Å². The molecule has 0 saturated carbocycles. The monoisotopic (exact) mass is 385 g/mol. The van der Waals surface area contributed by atoms with Crippen molar-refractivity contribution in [3.8, 4) is 0 Å². The van der Waals surface area contributed by atoms with E-state index >= 15 is 0 Å². The molecule has 0 aliphatic rings. The molecule has 0 saturated heterocycles. The maximum Gasteiger partial charge on any atom is 0.0598 e. The first kappa shape index (κ1) is 26.9. The molecule has 0 heterocycles. The number of hydroxylamine groups is 1. The largest absolute Gasteiger partial charge is 0.376 e. The second-order valence-corrected chi connectivity index (χ2v) is 9.23. The summed E-state index contributed by atoms with van der Waals surface area (Å²) >= 11 is 0. The van der Waals surface area contributed by atoms with Gasteiger partial charge in [-0.1, -0.05) is 103 Å². The third kappa shape index (κ3) is 25.9. The highest BCUT2D eigenvalue weighted by Crippen LogP contribution is 2.14. The van der Waals surface area contributed by atoms with Crippen LogP contribution in [0.2, 0.25) is 0 Å². The van der Waals surface area contributed by atoms with Crippen LogP contribution in [0.4, 0.5) is 0 Å². The van der Waals surface area contributed by atoms with Crippen LogP contribution < -0.4 is 5.48 Å². The highest BCUT2D eigenvalue weighted by molar-refractivity contribution is 4.58. The highest BCUT2D eigenvalue weighted by atomic mass is 16.5. The number of nitrogens with one attached hydrogen (secondary N) is 1. The molecular weight excluding hydrogens is 334 g/mol. The molecular formula is C24H51NO2. The summed E-state index contributed by atoms with van der Waals surface area (Å²) in [5, 5.41) is 8.48. The SMILES string of the molecule is CC(C)(C)OCCCCCCCCCCCCCCCCCCCCNO. The fourth-order valence-corrected chi connectivity index (χ4v) is 3.51. The van der Waals surface area contributed by atoms with E-state index in [1.165, 1.54) is 109 Å². The van der Waals surface area contributed by atoms with Gasteiger partial charge < -0.3 is 9.94 Å². The lowest BCUT2D eigenvalue weighted by Gasteiger charge is -2.19. The summed E-state index contributed by atoms with van der Waals surface area (Å²) in [5.74, 6) is 0. The maximum absolute atomic E-state index is 8.48. The van der Waals surface area contributed by atoms with Gasteiger partial charge in [-0.15, -0.1) is 0 Å². The lowest BCUT2D eigenvalue weighted by Crippen LogP contribution is -2.19. The quantitative estimate of drug-likeness (QED) is 0.156. The Morgan fingerprint density at radius 3 is 1.11 bits per heavy atom. The lowest BCUT2D eigenvalue weighted by atomic mass is 10.0. The predicted octanol–water partition coefficient (Wildman–Crippen LogP) is 7.80. The van der Waals surface area contributed by atoms with Gasteiger partial charge in [0.05, 0.1) is 5.60 Å². The summed E-state index contributed by atoms with van der Waals surface area (Å²) in [6.07, 6.45) is 24.7. The number of hydrogen-bond acceptors (Lipinski definition) is 3. The van der Waals surface area contributed by atoms with Gasteiger partial charge in [0.15, 0.2) is 0 Å². The van der Waals surface area contributed by atoms with Crippen LogP contribution >= 0.6 is 0 Å². The Hall–Kier alpha value is -0.120. The predicted molar refractivity (Wildman–Crippen MR) is 119 cm³/mol. The fourth-order valence-electron chi connectivity index (χ4n) is 3.51. The first-order chi connectivity index (χ1) is 13.1. The number of ether oxygens (including phenoxy) is 1. The molecule has 0 bridgehead atoms. The summed E-state index contributed by atoms with van der Waals surface area (Å²) in [5.41, 5.74) is 2.25. The van der Waals surface area contributed by atoms with Gasteiger partial charge in [-0.2, -0.15) is 0 Å². The van der Waals surface area contributed by atoms with Gasteiger partial charge in [-0.25, -0.2) is 5.48 Å².